The largest absolute Gasteiger partial charge is 0.497 e. The molecule has 0 spiro atoms. The van der Waals surface area contributed by atoms with Gasteiger partial charge in [0.1, 0.15) is 5.75 Å². The Kier molecular flexibility index (Phi) is 2.36. The highest BCUT2D eigenvalue weighted by Crippen LogP contribution is 2.20. The molecule has 0 bridgehead atoms. The summed E-state index contributed by atoms with van der Waals surface area (Å²) in [6, 6.07) is 5.86. The number of aryl methyl sites for hydroxylation is 1. The minimum Gasteiger partial charge on any atom is -0.497 e. The minimum atomic E-state index is 0.858. The first-order valence-corrected chi connectivity index (χ1v) is 3.52. The Labute approximate surface area is 67.2 Å². The van der Waals surface area contributed by atoms with E-state index < -0.39 is 0 Å². The smallest absolute Gasteiger partial charge is 0.121 e. The number of rotatable bonds is 2. The number of methoxy groups -OCH3 is 1. The summed E-state index contributed by atoms with van der Waals surface area (Å²) in [6.45, 7) is 2.03. The third-order valence-corrected chi connectivity index (χ3v) is 1.66. The molecule has 0 N–H and O–H groups in total. The van der Waals surface area contributed by atoms with E-state index in [1.807, 2.05) is 25.1 Å². The van der Waals surface area contributed by atoms with Crippen molar-refractivity contribution in [3.05, 3.63) is 23.8 Å². The van der Waals surface area contributed by atoms with E-state index in [0.29, 0.717) is 0 Å². The third-order valence-electron chi connectivity index (χ3n) is 1.66. The molecule has 0 unspecified atom stereocenters. The molecule has 11 heavy (non-hydrogen) atoms. The summed E-state index contributed by atoms with van der Waals surface area (Å²) in [5.74, 6) is 0.858. The first-order valence-electron chi connectivity index (χ1n) is 3.52. The van der Waals surface area contributed by atoms with Gasteiger partial charge in [-0.3, -0.25) is 5.32 Å². The van der Waals surface area contributed by atoms with Crippen LogP contribution in [-0.2, 0) is 0 Å². The molecule has 0 aromatic heterocycles. The van der Waals surface area contributed by atoms with Gasteiger partial charge in [0, 0.05) is 13.1 Å². The molecule has 2 nitrogen and oxygen atoms in total. The SMILES string of the molecule is C[N]c1cc(OC)ccc1C. The highest BCUT2D eigenvalue weighted by atomic mass is 16.5. The summed E-state index contributed by atoms with van der Waals surface area (Å²) in [4.78, 5) is 0. The molecule has 1 rings (SSSR count). The van der Waals surface area contributed by atoms with Crippen molar-refractivity contribution in [1.29, 1.82) is 0 Å². The Balaban J connectivity index is 3.02. The average Bonchev–Trinajstić information content (AvgIpc) is 2.05. The van der Waals surface area contributed by atoms with Crippen LogP contribution in [0.1, 0.15) is 5.56 Å². The first kappa shape index (κ1) is 7.92. The Hall–Kier alpha value is -1.18. The van der Waals surface area contributed by atoms with Crippen molar-refractivity contribution < 1.29 is 4.74 Å². The van der Waals surface area contributed by atoms with Crippen molar-refractivity contribution in [1.82, 2.24) is 5.32 Å². The zero-order valence-corrected chi connectivity index (χ0v) is 7.09. The van der Waals surface area contributed by atoms with E-state index in [1.165, 1.54) is 5.56 Å². The molecule has 0 heterocycles. The van der Waals surface area contributed by atoms with Gasteiger partial charge in [0.15, 0.2) is 0 Å². The molecule has 0 saturated heterocycles. The van der Waals surface area contributed by atoms with Gasteiger partial charge in [-0.15, -0.1) is 0 Å². The highest BCUT2D eigenvalue weighted by molar-refractivity contribution is 5.48. The lowest BCUT2D eigenvalue weighted by molar-refractivity contribution is 0.414. The summed E-state index contributed by atoms with van der Waals surface area (Å²) in [7, 11) is 3.44. The lowest BCUT2D eigenvalue weighted by Crippen LogP contribution is -1.91. The van der Waals surface area contributed by atoms with Crippen LogP contribution in [0.25, 0.3) is 0 Å². The first-order chi connectivity index (χ1) is 5.27. The van der Waals surface area contributed by atoms with Crippen LogP contribution in [0.4, 0.5) is 5.69 Å². The van der Waals surface area contributed by atoms with E-state index in [-0.39, 0.29) is 0 Å². The van der Waals surface area contributed by atoms with Crippen LogP contribution in [-0.4, -0.2) is 14.2 Å². The zero-order chi connectivity index (χ0) is 8.27. The molecular weight excluding hydrogens is 138 g/mol. The number of benzene rings is 1. The average molecular weight is 150 g/mol. The number of hydrogen-bond donors (Lipinski definition) is 0. The fourth-order valence-corrected chi connectivity index (χ4v) is 0.957. The fourth-order valence-electron chi connectivity index (χ4n) is 0.957. The summed E-state index contributed by atoms with van der Waals surface area (Å²) < 4.78 is 5.05. The Morgan fingerprint density at radius 2 is 2.09 bits per heavy atom. The molecule has 0 saturated carbocycles. The van der Waals surface area contributed by atoms with Gasteiger partial charge in [-0.1, -0.05) is 6.07 Å². The number of nitrogens with zero attached hydrogens (tertiary/aromatic N) is 1. The van der Waals surface area contributed by atoms with Crippen molar-refractivity contribution in [3.8, 4) is 5.75 Å². The predicted molar refractivity (Wildman–Crippen MR) is 45.4 cm³/mol. The van der Waals surface area contributed by atoms with Crippen molar-refractivity contribution in [2.75, 3.05) is 14.2 Å². The molecule has 0 amide bonds. The summed E-state index contributed by atoms with van der Waals surface area (Å²) in [6.07, 6.45) is 0. The predicted octanol–water partition coefficient (Wildman–Crippen LogP) is 1.87. The van der Waals surface area contributed by atoms with Gasteiger partial charge >= 0.3 is 0 Å². The summed E-state index contributed by atoms with van der Waals surface area (Å²) >= 11 is 0. The van der Waals surface area contributed by atoms with Gasteiger partial charge in [-0.2, -0.15) is 0 Å². The van der Waals surface area contributed by atoms with E-state index in [0.717, 1.165) is 11.4 Å². The second kappa shape index (κ2) is 3.28. The van der Waals surface area contributed by atoms with Crippen molar-refractivity contribution in [2.45, 2.75) is 6.92 Å². The van der Waals surface area contributed by atoms with Crippen molar-refractivity contribution in [2.24, 2.45) is 0 Å². The quantitative estimate of drug-likeness (QED) is 0.631. The number of hydrogen-bond acceptors (Lipinski definition) is 1. The molecule has 1 aromatic carbocycles. The third kappa shape index (κ3) is 1.64. The molecule has 1 radical (unpaired) electrons. The molecule has 59 valence electrons. The molecule has 0 aliphatic heterocycles. The molecule has 1 aromatic rings. The van der Waals surface area contributed by atoms with E-state index in [1.54, 1.807) is 14.2 Å². The fraction of sp³-hybridized carbons (Fsp3) is 0.333. The van der Waals surface area contributed by atoms with E-state index in [2.05, 4.69) is 5.32 Å². The van der Waals surface area contributed by atoms with Crippen molar-refractivity contribution >= 4 is 5.69 Å². The summed E-state index contributed by atoms with van der Waals surface area (Å²) in [5.41, 5.74) is 2.16. The normalized spacial score (nSPS) is 9.36. The van der Waals surface area contributed by atoms with Gasteiger partial charge in [0.25, 0.3) is 0 Å². The number of ether oxygens (including phenoxy) is 1. The Morgan fingerprint density at radius 3 is 2.64 bits per heavy atom. The molecule has 0 aliphatic carbocycles. The Bertz CT molecular complexity index is 245. The topological polar surface area (TPSA) is 23.3 Å². The molecule has 0 fully saturated rings. The maximum atomic E-state index is 5.05. The van der Waals surface area contributed by atoms with Gasteiger partial charge in [-0.25, -0.2) is 0 Å². The molecule has 2 heteroatoms. The van der Waals surface area contributed by atoms with Gasteiger partial charge in [0.2, 0.25) is 0 Å². The molecular formula is C9H12NO. The van der Waals surface area contributed by atoms with Gasteiger partial charge in [0.05, 0.1) is 12.8 Å². The van der Waals surface area contributed by atoms with Crippen molar-refractivity contribution in [3.63, 3.8) is 0 Å². The van der Waals surface area contributed by atoms with Crippen LogP contribution in [0.2, 0.25) is 0 Å². The van der Waals surface area contributed by atoms with Crippen LogP contribution in [0.15, 0.2) is 18.2 Å². The standard InChI is InChI=1S/C9H12NO/c1-7-4-5-8(11-3)6-9(7)10-2/h4-6H,1-3H3. The van der Waals surface area contributed by atoms with Crippen LogP contribution in [0, 0.1) is 6.92 Å². The maximum absolute atomic E-state index is 5.05. The Morgan fingerprint density at radius 1 is 1.36 bits per heavy atom. The zero-order valence-electron chi connectivity index (χ0n) is 7.09. The maximum Gasteiger partial charge on any atom is 0.121 e. The van der Waals surface area contributed by atoms with Gasteiger partial charge in [-0.05, 0) is 18.6 Å². The second-order valence-electron chi connectivity index (χ2n) is 2.38. The van der Waals surface area contributed by atoms with Crippen LogP contribution in [0.3, 0.4) is 0 Å². The van der Waals surface area contributed by atoms with Crippen LogP contribution < -0.4 is 10.1 Å². The lowest BCUT2D eigenvalue weighted by atomic mass is 10.2. The van der Waals surface area contributed by atoms with E-state index >= 15 is 0 Å². The van der Waals surface area contributed by atoms with Gasteiger partial charge < -0.3 is 4.74 Å². The van der Waals surface area contributed by atoms with Crippen LogP contribution in [0.5, 0.6) is 5.75 Å². The molecule has 0 atom stereocenters. The lowest BCUT2D eigenvalue weighted by Gasteiger charge is -2.04. The minimum absolute atomic E-state index is 0.858. The van der Waals surface area contributed by atoms with E-state index in [9.17, 15) is 0 Å². The van der Waals surface area contributed by atoms with Crippen LogP contribution >= 0.6 is 0 Å². The highest BCUT2D eigenvalue weighted by Gasteiger charge is 1.97. The van der Waals surface area contributed by atoms with E-state index in [4.69, 9.17) is 4.74 Å². The second-order valence-corrected chi connectivity index (χ2v) is 2.38. The monoisotopic (exact) mass is 150 g/mol. The molecule has 0 aliphatic rings. The summed E-state index contributed by atoms with van der Waals surface area (Å²) in [5, 5.41) is 4.10.